The quantitative estimate of drug-likeness (QED) is 0.535. The first-order chi connectivity index (χ1) is 17.2. The lowest BCUT2D eigenvalue weighted by atomic mass is 9.44. The Labute approximate surface area is 218 Å². The Morgan fingerprint density at radius 1 is 1.16 bits per heavy atom. The second-order valence-corrected chi connectivity index (χ2v) is 13.5. The zero-order valence-electron chi connectivity index (χ0n) is 21.3. The molecular weight excluding hydrogens is 506 g/mol. The molecule has 6 aliphatic rings. The molecule has 37 heavy (non-hydrogen) atoms. The molecular formula is C27H32F2O7S. The lowest BCUT2D eigenvalue weighted by Gasteiger charge is -2.63. The largest absolute Gasteiger partial charge is 0.465 e. The van der Waals surface area contributed by atoms with Gasteiger partial charge < -0.3 is 19.3 Å². The highest BCUT2D eigenvalue weighted by atomic mass is 32.2. The normalized spacial score (nSPS) is 51.6. The third-order valence-electron chi connectivity index (χ3n) is 10.1. The van der Waals surface area contributed by atoms with Crippen LogP contribution < -0.4 is 0 Å². The standard InChI is InChI=1S/C27H32F2O7S/c1-23(2)35-20-11-14-15-10-17(28)16-9-13(30)5-7-24(16,3)26(15,29)19(31)12-25(14,4)27(20,36-23)22(33)37-18-6-8-34-21(18)32/h5,7,9,14-15,17-20,31H,6,8,10-12H2,1-4H3/t14-,15-,17-,18?,19-,20+,24-,25-,26-,27-/m0/s1. The number of thioether (sulfide) groups is 1. The van der Waals surface area contributed by atoms with Gasteiger partial charge in [0.15, 0.2) is 22.8 Å². The number of halogens is 2. The van der Waals surface area contributed by atoms with Gasteiger partial charge in [-0.2, -0.15) is 0 Å². The molecule has 3 saturated carbocycles. The average Bonchev–Trinajstić information content (AvgIpc) is 3.41. The summed E-state index contributed by atoms with van der Waals surface area (Å²) in [6.07, 6.45) is 0.188. The number of rotatable bonds is 2. The summed E-state index contributed by atoms with van der Waals surface area (Å²) in [4.78, 5) is 38.3. The number of carbonyl (C=O) groups is 3. The first-order valence-electron chi connectivity index (χ1n) is 12.9. The van der Waals surface area contributed by atoms with Crippen molar-refractivity contribution in [3.05, 3.63) is 23.8 Å². The van der Waals surface area contributed by atoms with Gasteiger partial charge in [-0.3, -0.25) is 14.4 Å². The van der Waals surface area contributed by atoms with Gasteiger partial charge in [-0.05, 0) is 63.7 Å². The maximum Gasteiger partial charge on any atom is 0.319 e. The van der Waals surface area contributed by atoms with E-state index in [1.807, 2.05) is 0 Å². The van der Waals surface area contributed by atoms with Crippen LogP contribution >= 0.6 is 11.8 Å². The molecule has 6 rings (SSSR count). The first-order valence-corrected chi connectivity index (χ1v) is 13.8. The zero-order chi connectivity index (χ0) is 26.8. The molecule has 0 aromatic carbocycles. The Bertz CT molecular complexity index is 1150. The molecule has 5 fully saturated rings. The van der Waals surface area contributed by atoms with Crippen LogP contribution in [-0.2, 0) is 28.6 Å². The third-order valence-corrected chi connectivity index (χ3v) is 11.3. The maximum absolute atomic E-state index is 17.4. The number of allylic oxidation sites excluding steroid dienone is 4. The van der Waals surface area contributed by atoms with Crippen molar-refractivity contribution >= 4 is 28.6 Å². The number of alkyl halides is 2. The highest BCUT2D eigenvalue weighted by Crippen LogP contribution is 2.73. The molecule has 0 radical (unpaired) electrons. The van der Waals surface area contributed by atoms with Crippen molar-refractivity contribution in [3.8, 4) is 0 Å². The molecule has 2 heterocycles. The van der Waals surface area contributed by atoms with Crippen molar-refractivity contribution in [3.63, 3.8) is 0 Å². The molecule has 0 aromatic heterocycles. The van der Waals surface area contributed by atoms with Crippen molar-refractivity contribution in [1.82, 2.24) is 0 Å². The summed E-state index contributed by atoms with van der Waals surface area (Å²) in [6.45, 7) is 6.98. The van der Waals surface area contributed by atoms with E-state index in [2.05, 4.69) is 0 Å². The predicted molar refractivity (Wildman–Crippen MR) is 129 cm³/mol. The number of aliphatic hydroxyl groups is 1. The maximum atomic E-state index is 17.4. The lowest BCUT2D eigenvalue weighted by molar-refractivity contribution is -0.246. The molecule has 10 atom stereocenters. The Morgan fingerprint density at radius 2 is 1.89 bits per heavy atom. The number of fused-ring (bicyclic) bond motifs is 7. The Hall–Kier alpha value is -1.62. The van der Waals surface area contributed by atoms with Crippen LogP contribution in [0, 0.1) is 22.7 Å². The van der Waals surface area contributed by atoms with Crippen LogP contribution in [0.4, 0.5) is 8.78 Å². The van der Waals surface area contributed by atoms with Gasteiger partial charge in [-0.25, -0.2) is 8.78 Å². The molecule has 0 spiro atoms. The third kappa shape index (κ3) is 3.07. The number of ketones is 1. The first kappa shape index (κ1) is 25.6. The summed E-state index contributed by atoms with van der Waals surface area (Å²) in [5.41, 5.74) is -6.37. The molecule has 4 aliphatic carbocycles. The number of cyclic esters (lactones) is 1. The molecule has 2 aliphatic heterocycles. The highest BCUT2D eigenvalue weighted by Gasteiger charge is 2.81. The number of hydrogen-bond donors (Lipinski definition) is 1. The fourth-order valence-electron chi connectivity index (χ4n) is 8.45. The summed E-state index contributed by atoms with van der Waals surface area (Å²) in [7, 11) is 0. The van der Waals surface area contributed by atoms with Crippen molar-refractivity contribution in [2.24, 2.45) is 22.7 Å². The van der Waals surface area contributed by atoms with Crippen LogP contribution in [0.25, 0.3) is 0 Å². The van der Waals surface area contributed by atoms with Crippen LogP contribution in [-0.4, -0.2) is 69.3 Å². The molecule has 7 nitrogen and oxygen atoms in total. The fraction of sp³-hybridized carbons (Fsp3) is 0.741. The van der Waals surface area contributed by atoms with Crippen LogP contribution in [0.5, 0.6) is 0 Å². The van der Waals surface area contributed by atoms with E-state index in [0.717, 1.165) is 17.8 Å². The molecule has 0 aromatic rings. The Balaban J connectivity index is 1.44. The van der Waals surface area contributed by atoms with Gasteiger partial charge in [-0.15, -0.1) is 0 Å². The van der Waals surface area contributed by atoms with Crippen LogP contribution in [0.1, 0.15) is 53.4 Å². The number of esters is 1. The monoisotopic (exact) mass is 538 g/mol. The lowest BCUT2D eigenvalue weighted by Crippen LogP contribution is -2.70. The zero-order valence-corrected chi connectivity index (χ0v) is 22.1. The second kappa shape index (κ2) is 7.73. The summed E-state index contributed by atoms with van der Waals surface area (Å²) < 4.78 is 50.8. The van der Waals surface area contributed by atoms with Crippen molar-refractivity contribution in [2.45, 2.75) is 94.1 Å². The molecule has 1 unspecified atom stereocenters. The molecule has 0 bridgehead atoms. The van der Waals surface area contributed by atoms with E-state index in [0.29, 0.717) is 6.42 Å². The van der Waals surface area contributed by atoms with Crippen molar-refractivity contribution < 1.29 is 42.5 Å². The minimum Gasteiger partial charge on any atom is -0.465 e. The van der Waals surface area contributed by atoms with Crippen LogP contribution in [0.2, 0.25) is 0 Å². The van der Waals surface area contributed by atoms with E-state index in [4.69, 9.17) is 14.2 Å². The minimum absolute atomic E-state index is 0.0503. The molecule has 0 amide bonds. The molecule has 202 valence electrons. The molecule has 2 saturated heterocycles. The fourth-order valence-corrected chi connectivity index (χ4v) is 9.67. The van der Waals surface area contributed by atoms with E-state index in [1.54, 1.807) is 27.7 Å². The predicted octanol–water partition coefficient (Wildman–Crippen LogP) is 3.38. The van der Waals surface area contributed by atoms with Crippen LogP contribution in [0.3, 0.4) is 0 Å². The summed E-state index contributed by atoms with van der Waals surface area (Å²) in [6, 6.07) is 0. The van der Waals surface area contributed by atoms with Crippen molar-refractivity contribution in [1.29, 1.82) is 0 Å². The van der Waals surface area contributed by atoms with Crippen LogP contribution in [0.15, 0.2) is 23.8 Å². The van der Waals surface area contributed by atoms with E-state index in [9.17, 15) is 19.5 Å². The van der Waals surface area contributed by atoms with Gasteiger partial charge in [0, 0.05) is 23.2 Å². The van der Waals surface area contributed by atoms with Gasteiger partial charge in [0.05, 0.1) is 18.8 Å². The number of ether oxygens (including phenoxy) is 3. The smallest absolute Gasteiger partial charge is 0.319 e. The van der Waals surface area contributed by atoms with Gasteiger partial charge >= 0.3 is 5.97 Å². The summed E-state index contributed by atoms with van der Waals surface area (Å²) >= 11 is 0.857. The Kier molecular flexibility index (Phi) is 5.36. The van der Waals surface area contributed by atoms with Crippen molar-refractivity contribution in [2.75, 3.05) is 6.61 Å². The van der Waals surface area contributed by atoms with Gasteiger partial charge in [0.25, 0.3) is 0 Å². The van der Waals surface area contributed by atoms with Gasteiger partial charge in [0.2, 0.25) is 5.12 Å². The second-order valence-electron chi connectivity index (χ2n) is 12.3. The number of aliphatic hydroxyl groups excluding tert-OH is 1. The topological polar surface area (TPSA) is 99.1 Å². The molecule has 10 heteroatoms. The van der Waals surface area contributed by atoms with E-state index >= 15 is 8.78 Å². The average molecular weight is 539 g/mol. The van der Waals surface area contributed by atoms with E-state index < -0.39 is 80.2 Å². The number of carbonyl (C=O) groups excluding carboxylic acids is 3. The van der Waals surface area contributed by atoms with E-state index in [-0.39, 0.29) is 31.4 Å². The summed E-state index contributed by atoms with van der Waals surface area (Å²) in [5.74, 6) is -3.50. The summed E-state index contributed by atoms with van der Waals surface area (Å²) in [5, 5.41) is 10.5. The highest BCUT2D eigenvalue weighted by molar-refractivity contribution is 8.14. The number of hydrogen-bond acceptors (Lipinski definition) is 8. The molecule has 1 N–H and O–H groups in total. The van der Waals surface area contributed by atoms with Gasteiger partial charge in [-0.1, -0.05) is 24.8 Å². The SMILES string of the molecule is CC1(C)O[C@@H]2C[C@H]3[C@@H]4C[C@H](F)C5=CC(=O)C=C[C@]5(C)[C@@]4(F)[C@@H](O)C[C@]3(C)[C@]2(C(=O)SC2CCOC2=O)O1. The van der Waals surface area contributed by atoms with E-state index in [1.165, 1.54) is 12.2 Å². The van der Waals surface area contributed by atoms with Gasteiger partial charge in [0.1, 0.15) is 11.4 Å². The minimum atomic E-state index is -2.26. The Morgan fingerprint density at radius 3 is 2.57 bits per heavy atom.